The third-order valence-corrected chi connectivity index (χ3v) is 7.05. The van der Waals surface area contributed by atoms with Crippen molar-refractivity contribution < 1.29 is 29.5 Å². The number of hydrogen-bond acceptors (Lipinski definition) is 5. The normalized spacial score (nSPS) is 13.7. The van der Waals surface area contributed by atoms with Crippen LogP contribution in [-0.2, 0) is 17.2 Å². The number of methoxy groups -OCH3 is 2. The minimum absolute atomic E-state index is 0.120. The molecule has 0 aliphatic heterocycles. The van der Waals surface area contributed by atoms with Crippen molar-refractivity contribution in [1.29, 1.82) is 0 Å². The second-order valence-corrected chi connectivity index (χ2v) is 14.3. The van der Waals surface area contributed by atoms with E-state index in [0.717, 1.165) is 22.6 Å². The maximum Gasteiger partial charge on any atom is 0.151 e. The zero-order chi connectivity index (χ0) is 32.1. The van der Waals surface area contributed by atoms with Crippen LogP contribution in [0.5, 0.6) is 11.5 Å². The summed E-state index contributed by atoms with van der Waals surface area (Å²) in [7, 11) is 3.30. The van der Waals surface area contributed by atoms with Crippen LogP contribution in [-0.4, -0.2) is 55.0 Å². The number of aliphatic hydroxyl groups excluding tert-OH is 2. The summed E-state index contributed by atoms with van der Waals surface area (Å²) in [6, 6.07) is 15.6. The van der Waals surface area contributed by atoms with E-state index in [2.05, 4.69) is 0 Å². The van der Waals surface area contributed by atoms with Gasteiger partial charge in [0, 0.05) is 11.3 Å². The molecule has 0 aromatic heterocycles. The monoisotopic (exact) mass is 597 g/mol. The molecular weight excluding hydrogens is 540 g/mol. The van der Waals surface area contributed by atoms with Crippen molar-refractivity contribution in [3.05, 3.63) is 59.7 Å². The molecule has 4 N–H and O–H groups in total. The van der Waals surface area contributed by atoms with Gasteiger partial charge in [0.2, 0.25) is 0 Å². The van der Waals surface area contributed by atoms with E-state index >= 15 is 0 Å². The lowest BCUT2D eigenvalue weighted by atomic mass is 9.73. The first-order valence-electron chi connectivity index (χ1n) is 14.2. The first kappa shape index (κ1) is 39.2. The first-order valence-corrected chi connectivity index (χ1v) is 14.7. The zero-order valence-electron chi connectivity index (χ0n) is 27.6. The van der Waals surface area contributed by atoms with E-state index in [0.29, 0.717) is 19.1 Å². The maximum absolute atomic E-state index is 10.4. The van der Waals surface area contributed by atoms with E-state index in [1.165, 1.54) is 0 Å². The Labute approximate surface area is 255 Å². The molecule has 0 fully saturated rings. The molecule has 0 aliphatic rings. The lowest BCUT2D eigenvalue weighted by molar-refractivity contribution is -0.0772. The number of aliphatic hydroxyl groups is 2. The SMILES string of the molecule is CC(C)(C)C(O)C(C)(C)C[OH2+].COc1cccc(CCl)c1.COc1cccc(COCC(C)(C)C(O)C(C)(C)C)c1. The summed E-state index contributed by atoms with van der Waals surface area (Å²) in [5.74, 6) is 2.23. The van der Waals surface area contributed by atoms with Gasteiger partial charge in [0.1, 0.15) is 11.5 Å². The second kappa shape index (κ2) is 17.3. The molecule has 0 spiro atoms. The molecule has 2 aromatic carbocycles. The van der Waals surface area contributed by atoms with Crippen LogP contribution in [0.2, 0.25) is 0 Å². The molecule has 0 saturated carbocycles. The van der Waals surface area contributed by atoms with E-state index in [-0.39, 0.29) is 28.3 Å². The standard InChI is InChI=1S/C17H28O3.C9H20O2.C8H9ClO/c1-16(2,3)15(18)17(4,5)12-20-11-13-8-7-9-14(10-13)19-6;1-8(2,3)7(11)9(4,5)6-10;1-10-8-4-2-3-7(5-8)6-9/h7-10,15,18H,11-12H2,1-6H3;7,10-11H,6H2,1-5H3;2-5H,6H2,1H3/p+1. The summed E-state index contributed by atoms with van der Waals surface area (Å²) in [4.78, 5) is 0. The Hall–Kier alpha value is -1.83. The first-order chi connectivity index (χ1) is 18.7. The minimum atomic E-state index is -0.416. The molecule has 0 amide bonds. The average molecular weight is 598 g/mol. The molecule has 2 aromatic rings. The van der Waals surface area contributed by atoms with Crippen LogP contribution in [0.15, 0.2) is 48.5 Å². The number of alkyl halides is 1. The largest absolute Gasteiger partial charge is 0.497 e. The molecule has 0 heterocycles. The third-order valence-electron chi connectivity index (χ3n) is 6.74. The molecule has 6 nitrogen and oxygen atoms in total. The van der Waals surface area contributed by atoms with Crippen molar-refractivity contribution in [2.45, 2.75) is 93.9 Å². The summed E-state index contributed by atoms with van der Waals surface area (Å²) in [6.07, 6.45) is -0.826. The molecule has 236 valence electrons. The molecule has 0 saturated heterocycles. The predicted molar refractivity (Wildman–Crippen MR) is 172 cm³/mol. The van der Waals surface area contributed by atoms with Crippen LogP contribution < -0.4 is 9.47 Å². The summed E-state index contributed by atoms with van der Waals surface area (Å²) in [5, 5.41) is 27.4. The van der Waals surface area contributed by atoms with Crippen LogP contribution in [0, 0.1) is 21.7 Å². The fraction of sp³-hybridized carbons (Fsp3) is 0.647. The van der Waals surface area contributed by atoms with Gasteiger partial charge in [-0.2, -0.15) is 0 Å². The Bertz CT molecular complexity index is 972. The average Bonchev–Trinajstić information content (AvgIpc) is 2.91. The minimum Gasteiger partial charge on any atom is -0.497 e. The maximum atomic E-state index is 10.4. The molecule has 0 bridgehead atoms. The Morgan fingerprint density at radius 2 is 1.12 bits per heavy atom. The number of hydrogen-bond donors (Lipinski definition) is 2. The predicted octanol–water partition coefficient (Wildman–Crippen LogP) is 7.22. The van der Waals surface area contributed by atoms with Gasteiger partial charge in [-0.3, -0.25) is 0 Å². The fourth-order valence-corrected chi connectivity index (χ4v) is 4.64. The van der Waals surface area contributed by atoms with Crippen LogP contribution in [0.25, 0.3) is 0 Å². The van der Waals surface area contributed by atoms with Crippen LogP contribution in [0.3, 0.4) is 0 Å². The highest BCUT2D eigenvalue weighted by Gasteiger charge is 2.38. The molecule has 0 radical (unpaired) electrons. The Morgan fingerprint density at radius 3 is 1.49 bits per heavy atom. The molecule has 2 unspecified atom stereocenters. The Kier molecular flexibility index (Phi) is 16.6. The van der Waals surface area contributed by atoms with Crippen molar-refractivity contribution in [2.75, 3.05) is 27.4 Å². The van der Waals surface area contributed by atoms with Crippen molar-refractivity contribution in [1.82, 2.24) is 0 Å². The van der Waals surface area contributed by atoms with Crippen LogP contribution in [0.4, 0.5) is 0 Å². The van der Waals surface area contributed by atoms with Crippen molar-refractivity contribution in [2.24, 2.45) is 21.7 Å². The van der Waals surface area contributed by atoms with Gasteiger partial charge in [0.25, 0.3) is 0 Å². The summed E-state index contributed by atoms with van der Waals surface area (Å²) in [5.41, 5.74) is 1.31. The molecule has 7 heteroatoms. The van der Waals surface area contributed by atoms with Gasteiger partial charge in [-0.25, -0.2) is 0 Å². The van der Waals surface area contributed by atoms with E-state index in [4.69, 9.17) is 30.9 Å². The van der Waals surface area contributed by atoms with Gasteiger partial charge in [0.05, 0.1) is 45.1 Å². The smallest absolute Gasteiger partial charge is 0.151 e. The van der Waals surface area contributed by atoms with Crippen LogP contribution in [0.1, 0.15) is 80.4 Å². The van der Waals surface area contributed by atoms with Crippen LogP contribution >= 0.6 is 11.6 Å². The van der Waals surface area contributed by atoms with E-state index in [1.54, 1.807) is 14.2 Å². The van der Waals surface area contributed by atoms with E-state index in [1.807, 2.05) is 118 Å². The summed E-state index contributed by atoms with van der Waals surface area (Å²) in [6.45, 7) is 21.4. The molecule has 2 rings (SSSR count). The quantitative estimate of drug-likeness (QED) is 0.223. The highest BCUT2D eigenvalue weighted by Crippen LogP contribution is 2.34. The molecular formula is C34H58ClO6+. The molecule has 41 heavy (non-hydrogen) atoms. The van der Waals surface area contributed by atoms with Gasteiger partial charge in [0.15, 0.2) is 6.61 Å². The Balaban J connectivity index is 0.000000643. The van der Waals surface area contributed by atoms with E-state index < -0.39 is 12.2 Å². The number of halogens is 1. The topological polar surface area (TPSA) is 91.1 Å². The number of benzene rings is 2. The fourth-order valence-electron chi connectivity index (χ4n) is 4.47. The number of rotatable bonds is 10. The molecule has 2 atom stereocenters. The van der Waals surface area contributed by atoms with E-state index in [9.17, 15) is 10.2 Å². The summed E-state index contributed by atoms with van der Waals surface area (Å²) >= 11 is 5.60. The van der Waals surface area contributed by atoms with Gasteiger partial charge >= 0.3 is 0 Å². The van der Waals surface area contributed by atoms with Crippen molar-refractivity contribution >= 4 is 11.6 Å². The van der Waals surface area contributed by atoms with Gasteiger partial charge in [-0.05, 0) is 46.2 Å². The summed E-state index contributed by atoms with van der Waals surface area (Å²) < 4.78 is 16.0. The van der Waals surface area contributed by atoms with Crippen molar-refractivity contribution in [3.8, 4) is 11.5 Å². The van der Waals surface area contributed by atoms with Gasteiger partial charge < -0.3 is 29.5 Å². The van der Waals surface area contributed by atoms with Gasteiger partial charge in [-0.1, -0.05) is 93.5 Å². The second-order valence-electron chi connectivity index (χ2n) is 14.0. The highest BCUT2D eigenvalue weighted by molar-refractivity contribution is 6.17. The lowest BCUT2D eigenvalue weighted by Gasteiger charge is -2.38. The highest BCUT2D eigenvalue weighted by atomic mass is 35.5. The lowest BCUT2D eigenvalue weighted by Crippen LogP contribution is -2.42. The molecule has 0 aliphatic carbocycles. The third kappa shape index (κ3) is 14.8. The number of ether oxygens (including phenoxy) is 3. The zero-order valence-corrected chi connectivity index (χ0v) is 28.4. The van der Waals surface area contributed by atoms with Gasteiger partial charge in [-0.15, -0.1) is 11.6 Å². The van der Waals surface area contributed by atoms with Crippen molar-refractivity contribution in [3.63, 3.8) is 0 Å². The Morgan fingerprint density at radius 1 is 0.707 bits per heavy atom.